The number of hydrogen-bond acceptors (Lipinski definition) is 6. The van der Waals surface area contributed by atoms with Gasteiger partial charge in [-0.05, 0) is 19.1 Å². The molecule has 4 rings (SSSR count). The van der Waals surface area contributed by atoms with Crippen molar-refractivity contribution in [1.82, 2.24) is 24.3 Å². The van der Waals surface area contributed by atoms with Gasteiger partial charge in [0.2, 0.25) is 0 Å². The summed E-state index contributed by atoms with van der Waals surface area (Å²) in [6.07, 6.45) is 5.17. The maximum Gasteiger partial charge on any atom is 0.193 e. The standard InChI is InChI=1S/C21H20F2N6O2/c1-5-29-17(27-20-18(22)15(30-3)8-16(31-4)19(20)23)7-6-13-21(29)26-14(10-24-13)12-9-25-28(2)11-12/h6-11H,5H2,1-4H3/b27-17+. The Labute approximate surface area is 176 Å². The Balaban J connectivity index is 1.97. The number of methoxy groups -OCH3 is 2. The maximum atomic E-state index is 14.8. The molecule has 0 radical (unpaired) electrons. The predicted octanol–water partition coefficient (Wildman–Crippen LogP) is 3.38. The number of ether oxygens (including phenoxy) is 2. The van der Waals surface area contributed by atoms with Crippen LogP contribution in [0.5, 0.6) is 11.5 Å². The Morgan fingerprint density at radius 2 is 1.77 bits per heavy atom. The van der Waals surface area contributed by atoms with Crippen LogP contribution >= 0.6 is 0 Å². The molecule has 0 aliphatic rings. The zero-order valence-corrected chi connectivity index (χ0v) is 17.4. The van der Waals surface area contributed by atoms with Gasteiger partial charge in [0, 0.05) is 31.4 Å². The largest absolute Gasteiger partial charge is 0.493 e. The molecule has 3 aromatic heterocycles. The fourth-order valence-electron chi connectivity index (χ4n) is 3.24. The van der Waals surface area contributed by atoms with E-state index in [0.717, 1.165) is 11.6 Å². The molecule has 0 atom stereocenters. The van der Waals surface area contributed by atoms with Crippen LogP contribution in [0, 0.1) is 11.6 Å². The van der Waals surface area contributed by atoms with E-state index in [9.17, 15) is 8.78 Å². The number of halogens is 2. The summed E-state index contributed by atoms with van der Waals surface area (Å²) in [5, 5.41) is 4.16. The van der Waals surface area contributed by atoms with Crippen LogP contribution in [0.15, 0.2) is 41.8 Å². The first kappa shape index (κ1) is 20.5. The highest BCUT2D eigenvalue weighted by atomic mass is 19.1. The van der Waals surface area contributed by atoms with E-state index in [1.54, 1.807) is 33.8 Å². The monoisotopic (exact) mass is 426 g/mol. The lowest BCUT2D eigenvalue weighted by atomic mass is 10.2. The van der Waals surface area contributed by atoms with E-state index >= 15 is 0 Å². The predicted molar refractivity (Wildman–Crippen MR) is 110 cm³/mol. The van der Waals surface area contributed by atoms with Crippen molar-refractivity contribution < 1.29 is 18.3 Å². The van der Waals surface area contributed by atoms with Crippen LogP contribution in [0.3, 0.4) is 0 Å². The summed E-state index contributed by atoms with van der Waals surface area (Å²) >= 11 is 0. The first-order valence-corrected chi connectivity index (χ1v) is 9.47. The summed E-state index contributed by atoms with van der Waals surface area (Å²) in [4.78, 5) is 13.4. The zero-order valence-electron chi connectivity index (χ0n) is 17.4. The number of aromatic nitrogens is 5. The molecule has 10 heteroatoms. The van der Waals surface area contributed by atoms with Gasteiger partial charge in [0.15, 0.2) is 28.8 Å². The van der Waals surface area contributed by atoms with Gasteiger partial charge in [0.1, 0.15) is 16.7 Å². The molecular weight excluding hydrogens is 406 g/mol. The van der Waals surface area contributed by atoms with Gasteiger partial charge in [-0.3, -0.25) is 9.67 Å². The number of fused-ring (bicyclic) bond motifs is 1. The van der Waals surface area contributed by atoms with Crippen LogP contribution in [-0.2, 0) is 13.6 Å². The quantitative estimate of drug-likeness (QED) is 0.489. The molecule has 0 spiro atoms. The van der Waals surface area contributed by atoms with Crippen molar-refractivity contribution in [2.24, 2.45) is 12.0 Å². The lowest BCUT2D eigenvalue weighted by Gasteiger charge is -2.12. The molecule has 31 heavy (non-hydrogen) atoms. The van der Waals surface area contributed by atoms with Gasteiger partial charge in [0.05, 0.1) is 32.3 Å². The van der Waals surface area contributed by atoms with E-state index < -0.39 is 17.3 Å². The van der Waals surface area contributed by atoms with E-state index in [-0.39, 0.29) is 11.5 Å². The van der Waals surface area contributed by atoms with Crippen molar-refractivity contribution in [2.45, 2.75) is 13.5 Å². The summed E-state index contributed by atoms with van der Waals surface area (Å²) in [6, 6.07) is 4.48. The van der Waals surface area contributed by atoms with Gasteiger partial charge >= 0.3 is 0 Å². The molecule has 3 heterocycles. The van der Waals surface area contributed by atoms with Gasteiger partial charge < -0.3 is 14.0 Å². The Morgan fingerprint density at radius 1 is 1.06 bits per heavy atom. The third-order valence-corrected chi connectivity index (χ3v) is 4.80. The van der Waals surface area contributed by atoms with Gasteiger partial charge in [-0.25, -0.2) is 18.8 Å². The lowest BCUT2D eigenvalue weighted by molar-refractivity contribution is 0.359. The summed E-state index contributed by atoms with van der Waals surface area (Å²) in [6.45, 7) is 2.33. The fraction of sp³-hybridized carbons (Fsp3) is 0.238. The van der Waals surface area contributed by atoms with Gasteiger partial charge in [-0.1, -0.05) is 0 Å². The van der Waals surface area contributed by atoms with E-state index in [1.807, 2.05) is 20.2 Å². The zero-order chi connectivity index (χ0) is 22.1. The van der Waals surface area contributed by atoms with Crippen LogP contribution in [0.1, 0.15) is 6.92 Å². The number of nitrogens with zero attached hydrogens (tertiary/aromatic N) is 6. The molecule has 0 fully saturated rings. The molecule has 0 unspecified atom stereocenters. The van der Waals surface area contributed by atoms with Crippen LogP contribution in [0.25, 0.3) is 22.4 Å². The molecule has 0 bridgehead atoms. The SMILES string of the molecule is CCn1/c(=N/c2c(F)c(OC)cc(OC)c2F)ccc2ncc(-c3cnn(C)c3)nc21. The highest BCUT2D eigenvalue weighted by Gasteiger charge is 2.20. The molecule has 0 saturated heterocycles. The topological polar surface area (TPSA) is 79.4 Å². The number of hydrogen-bond donors (Lipinski definition) is 0. The van der Waals surface area contributed by atoms with Crippen LogP contribution in [-0.4, -0.2) is 38.5 Å². The fourth-order valence-corrected chi connectivity index (χ4v) is 3.24. The van der Waals surface area contributed by atoms with Crippen molar-refractivity contribution in [2.75, 3.05) is 14.2 Å². The maximum absolute atomic E-state index is 14.8. The average molecular weight is 426 g/mol. The molecular formula is C21H20F2N6O2. The van der Waals surface area contributed by atoms with Crippen molar-refractivity contribution in [3.05, 3.63) is 53.9 Å². The third-order valence-electron chi connectivity index (χ3n) is 4.80. The smallest absolute Gasteiger partial charge is 0.193 e. The highest BCUT2D eigenvalue weighted by molar-refractivity contribution is 5.73. The Kier molecular flexibility index (Phi) is 5.37. The molecule has 4 aromatic rings. The van der Waals surface area contributed by atoms with Crippen molar-refractivity contribution in [3.63, 3.8) is 0 Å². The minimum Gasteiger partial charge on any atom is -0.493 e. The minimum atomic E-state index is -0.918. The van der Waals surface area contributed by atoms with E-state index in [2.05, 4.69) is 15.1 Å². The van der Waals surface area contributed by atoms with Crippen LogP contribution in [0.2, 0.25) is 0 Å². The molecule has 8 nitrogen and oxygen atoms in total. The second-order valence-corrected chi connectivity index (χ2v) is 6.67. The Hall–Kier alpha value is -3.82. The molecule has 1 aromatic carbocycles. The normalized spacial score (nSPS) is 11.9. The van der Waals surface area contributed by atoms with Gasteiger partial charge in [-0.15, -0.1) is 0 Å². The van der Waals surface area contributed by atoms with Gasteiger partial charge in [-0.2, -0.15) is 5.10 Å². The third kappa shape index (κ3) is 3.60. The average Bonchev–Trinajstić information content (AvgIpc) is 3.22. The Morgan fingerprint density at radius 3 is 2.35 bits per heavy atom. The molecule has 0 saturated carbocycles. The first-order valence-electron chi connectivity index (χ1n) is 9.47. The highest BCUT2D eigenvalue weighted by Crippen LogP contribution is 2.36. The van der Waals surface area contributed by atoms with Gasteiger partial charge in [0.25, 0.3) is 0 Å². The van der Waals surface area contributed by atoms with Crippen LogP contribution < -0.4 is 15.0 Å². The van der Waals surface area contributed by atoms with Crippen LogP contribution in [0.4, 0.5) is 14.5 Å². The molecule has 0 aliphatic heterocycles. The van der Waals surface area contributed by atoms with Crippen molar-refractivity contribution >= 4 is 16.9 Å². The summed E-state index contributed by atoms with van der Waals surface area (Å²) in [7, 11) is 4.39. The molecule has 0 aliphatic carbocycles. The second-order valence-electron chi connectivity index (χ2n) is 6.67. The number of benzene rings is 1. The molecule has 0 amide bonds. The first-order chi connectivity index (χ1) is 15.0. The summed E-state index contributed by atoms with van der Waals surface area (Å²) in [5.74, 6) is -2.17. The van der Waals surface area contributed by atoms with E-state index in [4.69, 9.17) is 14.5 Å². The molecule has 0 N–H and O–H groups in total. The van der Waals surface area contributed by atoms with Crippen molar-refractivity contribution in [1.29, 1.82) is 0 Å². The van der Waals surface area contributed by atoms with E-state index in [1.165, 1.54) is 14.2 Å². The van der Waals surface area contributed by atoms with Crippen molar-refractivity contribution in [3.8, 4) is 22.8 Å². The summed E-state index contributed by atoms with van der Waals surface area (Å²) < 4.78 is 43.0. The molecule has 160 valence electrons. The second kappa shape index (κ2) is 8.13. The Bertz CT molecular complexity index is 1320. The minimum absolute atomic E-state index is 0.167. The summed E-state index contributed by atoms with van der Waals surface area (Å²) in [5.41, 5.74) is 2.38. The lowest BCUT2D eigenvalue weighted by Crippen LogP contribution is -2.21. The number of rotatable bonds is 5. The van der Waals surface area contributed by atoms with E-state index in [0.29, 0.717) is 28.9 Å². The number of pyridine rings is 1. The number of aryl methyl sites for hydroxylation is 2.